The van der Waals surface area contributed by atoms with Crippen molar-refractivity contribution in [1.82, 2.24) is 25.7 Å². The second-order valence-corrected chi connectivity index (χ2v) is 9.53. The minimum absolute atomic E-state index is 0.107. The maximum absolute atomic E-state index is 13.5. The van der Waals surface area contributed by atoms with Crippen molar-refractivity contribution in [3.8, 4) is 17.0 Å². The maximum atomic E-state index is 13.5. The van der Waals surface area contributed by atoms with E-state index in [1.165, 1.54) is 6.07 Å². The Kier molecular flexibility index (Phi) is 6.66. The summed E-state index contributed by atoms with van der Waals surface area (Å²) in [5.41, 5.74) is 3.35. The van der Waals surface area contributed by atoms with Gasteiger partial charge in [-0.25, -0.2) is 4.39 Å². The summed E-state index contributed by atoms with van der Waals surface area (Å²) < 4.78 is 15.6. The lowest BCUT2D eigenvalue weighted by Gasteiger charge is -2.30. The number of aliphatic imine (C=N–C) groups is 1. The number of piperidine rings is 1. The van der Waals surface area contributed by atoms with Crippen LogP contribution in [0.15, 0.2) is 35.5 Å². The number of aromatic nitrogens is 2. The number of benzene rings is 1. The van der Waals surface area contributed by atoms with E-state index in [4.69, 9.17) is 16.7 Å². The van der Waals surface area contributed by atoms with E-state index in [2.05, 4.69) is 27.1 Å². The van der Waals surface area contributed by atoms with Gasteiger partial charge in [0.2, 0.25) is 0 Å². The van der Waals surface area contributed by atoms with Crippen LogP contribution in [0.2, 0.25) is 5.02 Å². The Morgan fingerprint density at radius 1 is 1.09 bits per heavy atom. The van der Waals surface area contributed by atoms with Crippen molar-refractivity contribution in [1.29, 1.82) is 0 Å². The first kappa shape index (κ1) is 22.4. The molecular weight excluding hydrogens is 443 g/mol. The Labute approximate surface area is 198 Å². The molecule has 1 unspecified atom stereocenters. The lowest BCUT2D eigenvalue weighted by molar-refractivity contribution is 0.210. The lowest BCUT2D eigenvalue weighted by Crippen LogP contribution is -2.47. The molecule has 5 rings (SSSR count). The van der Waals surface area contributed by atoms with Crippen LogP contribution in [0, 0.1) is 0 Å². The molecule has 2 fully saturated rings. The average molecular weight is 473 g/mol. The average Bonchev–Trinajstić information content (AvgIpc) is 3.27. The Hall–Kier alpha value is -2.42. The highest BCUT2D eigenvalue weighted by atomic mass is 35.5. The van der Waals surface area contributed by atoms with Gasteiger partial charge in [0, 0.05) is 40.3 Å². The van der Waals surface area contributed by atoms with Crippen LogP contribution in [-0.4, -0.2) is 52.7 Å². The van der Waals surface area contributed by atoms with Gasteiger partial charge in [-0.1, -0.05) is 11.6 Å². The van der Waals surface area contributed by atoms with Crippen molar-refractivity contribution in [2.75, 3.05) is 13.1 Å². The van der Waals surface area contributed by atoms with E-state index < -0.39 is 6.17 Å². The zero-order valence-corrected chi connectivity index (χ0v) is 19.2. The van der Waals surface area contributed by atoms with Gasteiger partial charge < -0.3 is 15.7 Å². The van der Waals surface area contributed by atoms with Crippen LogP contribution in [0.4, 0.5) is 4.39 Å². The van der Waals surface area contributed by atoms with E-state index in [-0.39, 0.29) is 18.1 Å². The topological polar surface area (TPSA) is 86.5 Å². The summed E-state index contributed by atoms with van der Waals surface area (Å²) in [4.78, 5) is 4.53. The second kappa shape index (κ2) is 9.83. The van der Waals surface area contributed by atoms with Crippen molar-refractivity contribution >= 4 is 23.5 Å². The van der Waals surface area contributed by atoms with Crippen molar-refractivity contribution in [2.24, 2.45) is 4.99 Å². The fourth-order valence-electron chi connectivity index (χ4n) is 4.90. The molecular formula is C24H30ClFN6O. The van der Waals surface area contributed by atoms with E-state index in [1.54, 1.807) is 12.3 Å². The molecule has 1 aliphatic carbocycles. The maximum Gasteiger partial charge on any atom is 0.173 e. The van der Waals surface area contributed by atoms with Crippen molar-refractivity contribution in [3.63, 3.8) is 0 Å². The monoisotopic (exact) mass is 472 g/mol. The predicted octanol–water partition coefficient (Wildman–Crippen LogP) is 4.00. The molecule has 0 bridgehead atoms. The number of halogens is 2. The number of rotatable bonds is 5. The summed E-state index contributed by atoms with van der Waals surface area (Å²) in [5.74, 6) is 0.107. The van der Waals surface area contributed by atoms with E-state index in [0.29, 0.717) is 23.9 Å². The smallest absolute Gasteiger partial charge is 0.173 e. The summed E-state index contributed by atoms with van der Waals surface area (Å²) in [6.45, 7) is 1.93. The van der Waals surface area contributed by atoms with Crippen LogP contribution in [0.3, 0.4) is 0 Å². The first-order valence-corrected chi connectivity index (χ1v) is 12.1. The number of phenolic OH excluding ortho intramolecular Hbond substituents is 1. The molecule has 0 amide bonds. The van der Waals surface area contributed by atoms with Gasteiger partial charge in [0.15, 0.2) is 6.29 Å². The van der Waals surface area contributed by atoms with Gasteiger partial charge in [0.05, 0.1) is 6.04 Å². The quantitative estimate of drug-likeness (QED) is 0.528. The number of alkyl halides is 1. The third-order valence-corrected chi connectivity index (χ3v) is 6.90. The van der Waals surface area contributed by atoms with Gasteiger partial charge in [-0.15, -0.1) is 0 Å². The van der Waals surface area contributed by atoms with Gasteiger partial charge in [0.1, 0.15) is 17.6 Å². The van der Waals surface area contributed by atoms with E-state index in [0.717, 1.165) is 61.3 Å². The van der Waals surface area contributed by atoms with Gasteiger partial charge in [-0.3, -0.25) is 15.0 Å². The van der Waals surface area contributed by atoms with Crippen molar-refractivity contribution in [2.45, 2.75) is 63.1 Å². The molecule has 33 heavy (non-hydrogen) atoms. The molecule has 0 radical (unpaired) electrons. The molecule has 1 saturated heterocycles. The van der Waals surface area contributed by atoms with Crippen molar-refractivity contribution < 1.29 is 9.50 Å². The summed E-state index contributed by atoms with van der Waals surface area (Å²) in [7, 11) is 0. The van der Waals surface area contributed by atoms with Crippen LogP contribution in [0.5, 0.6) is 5.75 Å². The van der Waals surface area contributed by atoms with Crippen LogP contribution >= 0.6 is 11.6 Å². The highest BCUT2D eigenvalue weighted by Crippen LogP contribution is 2.34. The zero-order chi connectivity index (χ0) is 22.8. The molecule has 176 valence electrons. The number of allylic oxidation sites excluding steroid dienone is 1. The Morgan fingerprint density at radius 3 is 2.64 bits per heavy atom. The first-order valence-electron chi connectivity index (χ1n) is 11.8. The Morgan fingerprint density at radius 2 is 1.88 bits per heavy atom. The van der Waals surface area contributed by atoms with Gasteiger partial charge in [-0.05, 0) is 75.9 Å². The molecule has 7 nitrogen and oxygen atoms in total. The number of phenols is 1. The second-order valence-electron chi connectivity index (χ2n) is 9.09. The molecule has 4 N–H and O–H groups in total. The van der Waals surface area contributed by atoms with Crippen LogP contribution in [0.25, 0.3) is 17.0 Å². The zero-order valence-electron chi connectivity index (χ0n) is 18.5. The third kappa shape index (κ3) is 5.23. The molecule has 3 heterocycles. The fraction of sp³-hybridized carbons (Fsp3) is 0.500. The summed E-state index contributed by atoms with van der Waals surface area (Å²) in [6.07, 6.45) is 9.70. The SMILES string of the molecule is Oc1cc(Cl)cc(-c2nn(C3CCNCC3)cc2C2=CC=NC(NC3CCC(F)CC3)N2)c1. The first-order chi connectivity index (χ1) is 16.0. The normalized spacial score (nSPS) is 26.1. The number of aromatic hydroxyl groups is 1. The van der Waals surface area contributed by atoms with E-state index in [9.17, 15) is 9.50 Å². The minimum atomic E-state index is -0.682. The predicted molar refractivity (Wildman–Crippen MR) is 129 cm³/mol. The highest BCUT2D eigenvalue weighted by molar-refractivity contribution is 6.31. The van der Waals surface area contributed by atoms with Gasteiger partial charge in [-0.2, -0.15) is 5.10 Å². The Balaban J connectivity index is 1.42. The molecule has 1 atom stereocenters. The van der Waals surface area contributed by atoms with Crippen molar-refractivity contribution in [3.05, 3.63) is 41.1 Å². The molecule has 0 spiro atoms. The largest absolute Gasteiger partial charge is 0.508 e. The number of hydrogen-bond donors (Lipinski definition) is 4. The molecule has 3 aliphatic rings. The van der Waals surface area contributed by atoms with Gasteiger partial charge in [0.25, 0.3) is 0 Å². The van der Waals surface area contributed by atoms with E-state index in [1.807, 2.05) is 16.8 Å². The summed E-state index contributed by atoms with van der Waals surface area (Å²) >= 11 is 6.24. The molecule has 9 heteroatoms. The fourth-order valence-corrected chi connectivity index (χ4v) is 5.13. The highest BCUT2D eigenvalue weighted by Gasteiger charge is 2.26. The number of nitrogens with one attached hydrogen (secondary N) is 3. The van der Waals surface area contributed by atoms with Gasteiger partial charge >= 0.3 is 0 Å². The van der Waals surface area contributed by atoms with Crippen LogP contribution in [-0.2, 0) is 0 Å². The molecule has 1 saturated carbocycles. The molecule has 1 aromatic carbocycles. The summed E-state index contributed by atoms with van der Waals surface area (Å²) in [6, 6.07) is 5.59. The van der Waals surface area contributed by atoms with Crippen LogP contribution < -0.4 is 16.0 Å². The Bertz CT molecular complexity index is 1020. The lowest BCUT2D eigenvalue weighted by atomic mass is 9.94. The minimum Gasteiger partial charge on any atom is -0.508 e. The van der Waals surface area contributed by atoms with Crippen LogP contribution in [0.1, 0.15) is 50.1 Å². The number of nitrogens with zero attached hydrogens (tertiary/aromatic N) is 3. The molecule has 1 aromatic heterocycles. The molecule has 2 aliphatic heterocycles. The van der Waals surface area contributed by atoms with E-state index >= 15 is 0 Å². The summed E-state index contributed by atoms with van der Waals surface area (Å²) in [5, 5.41) is 25.9. The third-order valence-electron chi connectivity index (χ3n) is 6.68. The number of hydrogen-bond acceptors (Lipinski definition) is 6. The standard InChI is InChI=1S/C24H30ClFN6O/c25-16-11-15(12-20(33)13-16)23-21(14-32(31-23)19-5-8-27-9-6-19)22-7-10-28-24(30-22)29-18-3-1-17(26)2-4-18/h7,10-14,17-19,24,27,29-30,33H,1-6,8-9H2. The molecule has 2 aromatic rings.